The number of benzene rings is 1. The van der Waals surface area contributed by atoms with Crippen molar-refractivity contribution in [2.45, 2.75) is 18.9 Å². The number of carbonyl (C=O) groups excluding carboxylic acids is 2. The minimum absolute atomic E-state index is 0.0187. The highest BCUT2D eigenvalue weighted by Gasteiger charge is 2.27. The van der Waals surface area contributed by atoms with Gasteiger partial charge in [-0.2, -0.15) is 0 Å². The Hall–Kier alpha value is -3.00. The van der Waals surface area contributed by atoms with Crippen LogP contribution in [0.4, 0.5) is 10.2 Å². The smallest absolute Gasteiger partial charge is 0.256 e. The highest BCUT2D eigenvalue weighted by molar-refractivity contribution is 5.94. The first-order valence-corrected chi connectivity index (χ1v) is 10.8. The number of aromatic nitrogens is 1. The molecule has 0 spiro atoms. The highest BCUT2D eigenvalue weighted by atomic mass is 19.1. The van der Waals surface area contributed by atoms with Crippen molar-refractivity contribution < 1.29 is 14.0 Å². The van der Waals surface area contributed by atoms with Crippen molar-refractivity contribution in [3.63, 3.8) is 0 Å². The zero-order valence-corrected chi connectivity index (χ0v) is 17.5. The number of carbonyl (C=O) groups is 2. The lowest BCUT2D eigenvalue weighted by molar-refractivity contribution is -0.123. The van der Waals surface area contributed by atoms with Crippen LogP contribution in [0.15, 0.2) is 48.7 Å². The lowest BCUT2D eigenvalue weighted by Gasteiger charge is -2.36. The van der Waals surface area contributed by atoms with Crippen LogP contribution >= 0.6 is 0 Å². The number of likely N-dealkylation sites (tertiary alicyclic amines) is 1. The summed E-state index contributed by atoms with van der Waals surface area (Å²) in [6.45, 7) is 4.74. The van der Waals surface area contributed by atoms with Crippen molar-refractivity contribution >= 4 is 17.6 Å². The van der Waals surface area contributed by atoms with Crippen LogP contribution in [0.25, 0.3) is 0 Å². The predicted molar refractivity (Wildman–Crippen MR) is 116 cm³/mol. The average Bonchev–Trinajstić information content (AvgIpc) is 2.80. The molecule has 2 aromatic rings. The van der Waals surface area contributed by atoms with Crippen molar-refractivity contribution in [3.8, 4) is 0 Å². The van der Waals surface area contributed by atoms with Gasteiger partial charge in [0.05, 0.1) is 12.1 Å². The molecule has 0 radical (unpaired) electrons. The van der Waals surface area contributed by atoms with E-state index in [9.17, 15) is 14.0 Å². The van der Waals surface area contributed by atoms with Gasteiger partial charge in [0.25, 0.3) is 5.91 Å². The van der Waals surface area contributed by atoms with Gasteiger partial charge in [-0.15, -0.1) is 0 Å². The first-order valence-electron chi connectivity index (χ1n) is 10.8. The molecule has 3 heterocycles. The van der Waals surface area contributed by atoms with Crippen LogP contribution in [0.5, 0.6) is 0 Å². The summed E-state index contributed by atoms with van der Waals surface area (Å²) in [6.07, 6.45) is 3.16. The molecule has 31 heavy (non-hydrogen) atoms. The van der Waals surface area contributed by atoms with E-state index in [0.29, 0.717) is 32.5 Å². The van der Waals surface area contributed by atoms with Gasteiger partial charge in [0.1, 0.15) is 11.6 Å². The zero-order chi connectivity index (χ0) is 21.6. The average molecular weight is 426 g/mol. The molecule has 1 aromatic carbocycles. The number of piperidine rings is 1. The molecule has 164 valence electrons. The van der Waals surface area contributed by atoms with Gasteiger partial charge in [-0.25, -0.2) is 9.37 Å². The van der Waals surface area contributed by atoms with Crippen LogP contribution in [0.1, 0.15) is 23.2 Å². The lowest BCUT2D eigenvalue weighted by Crippen LogP contribution is -2.52. The second kappa shape index (κ2) is 9.87. The quantitative estimate of drug-likeness (QED) is 0.791. The summed E-state index contributed by atoms with van der Waals surface area (Å²) >= 11 is 0. The number of halogens is 1. The van der Waals surface area contributed by atoms with E-state index in [1.165, 1.54) is 12.1 Å². The number of piperazine rings is 1. The summed E-state index contributed by atoms with van der Waals surface area (Å²) in [5.74, 6) is 0.216. The van der Waals surface area contributed by atoms with Crippen LogP contribution in [0.3, 0.4) is 0 Å². The molecule has 2 saturated heterocycles. The van der Waals surface area contributed by atoms with Crippen LogP contribution in [0.2, 0.25) is 0 Å². The number of anilines is 1. The number of pyridine rings is 1. The topological polar surface area (TPSA) is 68.8 Å². The molecular formula is C23H28FN5O2. The highest BCUT2D eigenvalue weighted by Crippen LogP contribution is 2.16. The number of amides is 2. The third-order valence-electron chi connectivity index (χ3n) is 5.96. The maximum atomic E-state index is 13.9. The first kappa shape index (κ1) is 21.2. The second-order valence-electron chi connectivity index (χ2n) is 8.06. The summed E-state index contributed by atoms with van der Waals surface area (Å²) in [5, 5.41) is 3.10. The molecule has 8 heteroatoms. The fourth-order valence-electron chi connectivity index (χ4n) is 4.18. The van der Waals surface area contributed by atoms with E-state index in [2.05, 4.69) is 20.1 Å². The number of nitrogens with zero attached hydrogens (tertiary/aromatic N) is 4. The number of rotatable bonds is 5. The number of nitrogens with one attached hydrogen (secondary N) is 1. The Morgan fingerprint density at radius 1 is 0.968 bits per heavy atom. The molecule has 4 rings (SSSR count). The van der Waals surface area contributed by atoms with Crippen LogP contribution in [-0.4, -0.2) is 78.5 Å². The first-order chi connectivity index (χ1) is 15.1. The Bertz CT molecular complexity index is 894. The molecule has 0 aliphatic carbocycles. The van der Waals surface area contributed by atoms with E-state index in [-0.39, 0.29) is 23.4 Å². The summed E-state index contributed by atoms with van der Waals surface area (Å²) in [5.41, 5.74) is 0.106. The van der Waals surface area contributed by atoms with Gasteiger partial charge in [0, 0.05) is 51.5 Å². The normalized spacial score (nSPS) is 18.1. The maximum Gasteiger partial charge on any atom is 0.256 e. The molecule has 1 aromatic heterocycles. The van der Waals surface area contributed by atoms with E-state index in [4.69, 9.17) is 0 Å². The molecule has 2 amide bonds. The molecule has 2 fully saturated rings. The van der Waals surface area contributed by atoms with E-state index in [1.807, 2.05) is 18.2 Å². The molecular weight excluding hydrogens is 397 g/mol. The monoisotopic (exact) mass is 425 g/mol. The molecule has 0 atom stereocenters. The zero-order valence-electron chi connectivity index (χ0n) is 17.5. The Balaban J connectivity index is 1.19. The van der Waals surface area contributed by atoms with Gasteiger partial charge in [-0.3, -0.25) is 14.5 Å². The Morgan fingerprint density at radius 2 is 1.68 bits per heavy atom. The summed E-state index contributed by atoms with van der Waals surface area (Å²) in [4.78, 5) is 35.5. The molecule has 0 saturated carbocycles. The third-order valence-corrected chi connectivity index (χ3v) is 5.96. The van der Waals surface area contributed by atoms with Crippen molar-refractivity contribution in [2.75, 3.05) is 50.7 Å². The van der Waals surface area contributed by atoms with Gasteiger partial charge in [-0.1, -0.05) is 18.2 Å². The Labute approximate surface area is 181 Å². The number of hydrogen-bond acceptors (Lipinski definition) is 5. The van der Waals surface area contributed by atoms with Gasteiger partial charge < -0.3 is 15.1 Å². The molecule has 0 bridgehead atoms. The minimum atomic E-state index is -0.494. The van der Waals surface area contributed by atoms with Crippen LogP contribution in [0, 0.1) is 5.82 Å². The molecule has 1 N–H and O–H groups in total. The Morgan fingerprint density at radius 3 is 2.35 bits per heavy atom. The van der Waals surface area contributed by atoms with Crippen LogP contribution in [-0.2, 0) is 4.79 Å². The largest absolute Gasteiger partial charge is 0.354 e. The fraction of sp³-hybridized carbons (Fsp3) is 0.435. The van der Waals surface area contributed by atoms with E-state index in [1.54, 1.807) is 23.2 Å². The molecule has 0 unspecified atom stereocenters. The fourth-order valence-corrected chi connectivity index (χ4v) is 4.18. The second-order valence-corrected chi connectivity index (χ2v) is 8.06. The van der Waals surface area contributed by atoms with Crippen molar-refractivity contribution in [1.82, 2.24) is 20.1 Å². The summed E-state index contributed by atoms with van der Waals surface area (Å²) in [7, 11) is 0. The van der Waals surface area contributed by atoms with E-state index in [0.717, 1.165) is 32.0 Å². The van der Waals surface area contributed by atoms with Gasteiger partial charge in [0.15, 0.2) is 0 Å². The van der Waals surface area contributed by atoms with Crippen molar-refractivity contribution in [3.05, 3.63) is 60.0 Å². The summed E-state index contributed by atoms with van der Waals surface area (Å²) in [6, 6.07) is 12.0. The van der Waals surface area contributed by atoms with Crippen molar-refractivity contribution in [2.24, 2.45) is 0 Å². The van der Waals surface area contributed by atoms with Gasteiger partial charge in [-0.05, 0) is 37.1 Å². The third kappa shape index (κ3) is 5.38. The standard InChI is InChI=1S/C23H28FN5O2/c24-20-6-2-1-5-19(20)23(31)29-11-8-18(9-12-29)26-22(30)17-27-13-15-28(16-14-27)21-7-3-4-10-25-21/h1-7,10,18H,8-9,11-17H2,(H,26,30). The summed E-state index contributed by atoms with van der Waals surface area (Å²) < 4.78 is 13.9. The van der Waals surface area contributed by atoms with Gasteiger partial charge in [0.2, 0.25) is 5.91 Å². The predicted octanol–water partition coefficient (Wildman–Crippen LogP) is 1.76. The minimum Gasteiger partial charge on any atom is -0.354 e. The SMILES string of the molecule is O=C(CN1CCN(c2ccccn2)CC1)NC1CCN(C(=O)c2ccccc2F)CC1. The van der Waals surface area contributed by atoms with Crippen LogP contribution < -0.4 is 10.2 Å². The molecule has 2 aliphatic rings. The molecule has 7 nitrogen and oxygen atoms in total. The number of hydrogen-bond donors (Lipinski definition) is 1. The van der Waals surface area contributed by atoms with E-state index < -0.39 is 5.82 Å². The van der Waals surface area contributed by atoms with Gasteiger partial charge >= 0.3 is 0 Å². The maximum absolute atomic E-state index is 13.9. The van der Waals surface area contributed by atoms with Crippen molar-refractivity contribution in [1.29, 1.82) is 0 Å². The van der Waals surface area contributed by atoms with E-state index >= 15 is 0 Å². The Kier molecular flexibility index (Phi) is 6.76. The lowest BCUT2D eigenvalue weighted by atomic mass is 10.0. The molecule has 2 aliphatic heterocycles.